The molecule has 0 fully saturated rings. The molecule has 0 spiro atoms. The molecule has 22 heavy (non-hydrogen) atoms. The van der Waals surface area contributed by atoms with Gasteiger partial charge in [0, 0.05) is 6.04 Å². The third-order valence-corrected chi connectivity index (χ3v) is 2.95. The molecule has 1 heterocycles. The number of hydrogen-bond donors (Lipinski definition) is 1. The Bertz CT molecular complexity index is 640. The van der Waals surface area contributed by atoms with Crippen LogP contribution in [0.3, 0.4) is 0 Å². The van der Waals surface area contributed by atoms with Crippen LogP contribution >= 0.6 is 0 Å². The van der Waals surface area contributed by atoms with E-state index in [1.165, 1.54) is 31.5 Å². The van der Waals surface area contributed by atoms with Crippen LogP contribution < -0.4 is 15.2 Å². The second-order valence-electron chi connectivity index (χ2n) is 4.67. The highest BCUT2D eigenvalue weighted by molar-refractivity contribution is 5.44. The molecule has 1 aromatic heterocycles. The van der Waals surface area contributed by atoms with Gasteiger partial charge in [-0.3, -0.25) is 4.98 Å². The van der Waals surface area contributed by atoms with Crippen LogP contribution in [0.1, 0.15) is 24.2 Å². The highest BCUT2D eigenvalue weighted by atomic mass is 19.4. The van der Waals surface area contributed by atoms with Gasteiger partial charge >= 0.3 is 6.18 Å². The molecular formula is C15H15F3N2O2. The van der Waals surface area contributed by atoms with Crippen molar-refractivity contribution in [1.29, 1.82) is 0 Å². The molecule has 7 heteroatoms. The monoisotopic (exact) mass is 312 g/mol. The van der Waals surface area contributed by atoms with E-state index >= 15 is 0 Å². The van der Waals surface area contributed by atoms with Crippen molar-refractivity contribution in [3.8, 4) is 17.2 Å². The molecular weight excluding hydrogens is 297 g/mol. The van der Waals surface area contributed by atoms with E-state index in [1.54, 1.807) is 13.0 Å². The quantitative estimate of drug-likeness (QED) is 0.929. The molecule has 0 aliphatic carbocycles. The Hall–Kier alpha value is -2.28. The molecule has 1 unspecified atom stereocenters. The van der Waals surface area contributed by atoms with Gasteiger partial charge in [0.05, 0.1) is 19.0 Å². The number of alkyl halides is 3. The topological polar surface area (TPSA) is 57.4 Å². The first kappa shape index (κ1) is 16.1. The standard InChI is InChI=1S/C15H15F3N2O2/c1-9(19)13-5-3-11(8-20-13)22-14-6-4-10(21-2)7-12(14)15(16,17)18/h3-9H,19H2,1-2H3. The summed E-state index contributed by atoms with van der Waals surface area (Å²) in [5.41, 5.74) is 5.37. The van der Waals surface area contributed by atoms with E-state index in [2.05, 4.69) is 4.98 Å². The normalized spacial score (nSPS) is 12.8. The fourth-order valence-corrected chi connectivity index (χ4v) is 1.80. The van der Waals surface area contributed by atoms with Crippen LogP contribution in [0.25, 0.3) is 0 Å². The molecule has 1 atom stereocenters. The van der Waals surface area contributed by atoms with Crippen LogP contribution in [0, 0.1) is 0 Å². The third kappa shape index (κ3) is 3.67. The maximum absolute atomic E-state index is 13.1. The number of hydrogen-bond acceptors (Lipinski definition) is 4. The first-order valence-corrected chi connectivity index (χ1v) is 6.46. The van der Waals surface area contributed by atoms with Gasteiger partial charge in [-0.1, -0.05) is 0 Å². The average Bonchev–Trinajstić information content (AvgIpc) is 2.47. The molecule has 0 bridgehead atoms. The number of aromatic nitrogens is 1. The van der Waals surface area contributed by atoms with Gasteiger partial charge in [0.1, 0.15) is 22.8 Å². The molecule has 0 aliphatic rings. The van der Waals surface area contributed by atoms with Crippen molar-refractivity contribution in [3.05, 3.63) is 47.8 Å². The van der Waals surface area contributed by atoms with Crippen molar-refractivity contribution in [2.75, 3.05) is 7.11 Å². The van der Waals surface area contributed by atoms with Gasteiger partial charge in [-0.25, -0.2) is 0 Å². The fourth-order valence-electron chi connectivity index (χ4n) is 1.80. The maximum Gasteiger partial charge on any atom is 0.420 e. The van der Waals surface area contributed by atoms with Gasteiger partial charge in [0.25, 0.3) is 0 Å². The first-order valence-electron chi connectivity index (χ1n) is 6.46. The van der Waals surface area contributed by atoms with Crippen molar-refractivity contribution in [2.45, 2.75) is 19.1 Å². The number of nitrogens with two attached hydrogens (primary N) is 1. The second-order valence-corrected chi connectivity index (χ2v) is 4.67. The number of methoxy groups -OCH3 is 1. The smallest absolute Gasteiger partial charge is 0.420 e. The Morgan fingerprint density at radius 2 is 1.82 bits per heavy atom. The molecule has 2 aromatic rings. The number of halogens is 3. The molecule has 0 amide bonds. The van der Waals surface area contributed by atoms with Crippen molar-refractivity contribution in [3.63, 3.8) is 0 Å². The Labute approximate surface area is 125 Å². The van der Waals surface area contributed by atoms with Crippen LogP contribution in [0.4, 0.5) is 13.2 Å². The van der Waals surface area contributed by atoms with Gasteiger partial charge in [-0.15, -0.1) is 0 Å². The Morgan fingerprint density at radius 3 is 2.32 bits per heavy atom. The second kappa shape index (κ2) is 6.23. The molecule has 2 rings (SSSR count). The van der Waals surface area contributed by atoms with E-state index in [0.29, 0.717) is 5.69 Å². The predicted molar refractivity (Wildman–Crippen MR) is 74.9 cm³/mol. The summed E-state index contributed by atoms with van der Waals surface area (Å²) in [6.07, 6.45) is -3.22. The van der Waals surface area contributed by atoms with E-state index < -0.39 is 11.7 Å². The molecule has 1 aromatic carbocycles. The fraction of sp³-hybridized carbons (Fsp3) is 0.267. The number of pyridine rings is 1. The van der Waals surface area contributed by atoms with Gasteiger partial charge in [0.15, 0.2) is 0 Å². The highest BCUT2D eigenvalue weighted by Gasteiger charge is 2.35. The van der Waals surface area contributed by atoms with Gasteiger partial charge < -0.3 is 15.2 Å². The average molecular weight is 312 g/mol. The van der Waals surface area contributed by atoms with E-state index in [9.17, 15) is 13.2 Å². The number of rotatable bonds is 4. The summed E-state index contributed by atoms with van der Waals surface area (Å²) in [5.74, 6) is -0.0196. The zero-order valence-electron chi connectivity index (χ0n) is 12.0. The van der Waals surface area contributed by atoms with E-state index in [-0.39, 0.29) is 23.3 Å². The molecule has 0 saturated carbocycles. The van der Waals surface area contributed by atoms with Crippen molar-refractivity contribution >= 4 is 0 Å². The summed E-state index contributed by atoms with van der Waals surface area (Å²) in [7, 11) is 1.30. The van der Waals surface area contributed by atoms with E-state index in [4.69, 9.17) is 15.2 Å². The third-order valence-electron chi connectivity index (χ3n) is 2.95. The lowest BCUT2D eigenvalue weighted by molar-refractivity contribution is -0.138. The van der Waals surface area contributed by atoms with Gasteiger partial charge in [0.2, 0.25) is 0 Å². The largest absolute Gasteiger partial charge is 0.497 e. The van der Waals surface area contributed by atoms with E-state index in [1.807, 2.05) is 0 Å². The Kier molecular flexibility index (Phi) is 4.56. The first-order chi connectivity index (χ1) is 10.3. The minimum absolute atomic E-state index is 0.102. The summed E-state index contributed by atoms with van der Waals surface area (Å²) in [6.45, 7) is 1.76. The zero-order valence-corrected chi connectivity index (χ0v) is 12.0. The molecule has 118 valence electrons. The lowest BCUT2D eigenvalue weighted by atomic mass is 10.2. The minimum atomic E-state index is -4.55. The molecule has 0 saturated heterocycles. The van der Waals surface area contributed by atoms with Gasteiger partial charge in [-0.05, 0) is 37.3 Å². The Balaban J connectivity index is 2.32. The molecule has 4 nitrogen and oxygen atoms in total. The van der Waals surface area contributed by atoms with Crippen molar-refractivity contribution < 1.29 is 22.6 Å². The number of ether oxygens (including phenoxy) is 2. The van der Waals surface area contributed by atoms with Crippen molar-refractivity contribution in [2.24, 2.45) is 5.73 Å². The number of nitrogens with zero attached hydrogens (tertiary/aromatic N) is 1. The van der Waals surface area contributed by atoms with Gasteiger partial charge in [-0.2, -0.15) is 13.2 Å². The molecule has 2 N–H and O–H groups in total. The van der Waals surface area contributed by atoms with Crippen molar-refractivity contribution in [1.82, 2.24) is 4.98 Å². The summed E-state index contributed by atoms with van der Waals surface area (Å²) < 4.78 is 49.3. The predicted octanol–water partition coefficient (Wildman–Crippen LogP) is 3.92. The highest BCUT2D eigenvalue weighted by Crippen LogP contribution is 2.40. The van der Waals surface area contributed by atoms with Crippen LogP contribution in [-0.2, 0) is 6.18 Å². The van der Waals surface area contributed by atoms with Crippen LogP contribution in [0.2, 0.25) is 0 Å². The summed E-state index contributed by atoms with van der Waals surface area (Å²) in [6, 6.07) is 6.36. The Morgan fingerprint density at radius 1 is 1.14 bits per heavy atom. The maximum atomic E-state index is 13.1. The lowest BCUT2D eigenvalue weighted by Crippen LogP contribution is -2.08. The molecule has 0 radical (unpaired) electrons. The van der Waals surface area contributed by atoms with Crippen LogP contribution in [-0.4, -0.2) is 12.1 Å². The van der Waals surface area contributed by atoms with Crippen LogP contribution in [0.5, 0.6) is 17.2 Å². The minimum Gasteiger partial charge on any atom is -0.497 e. The SMILES string of the molecule is COc1ccc(Oc2ccc(C(C)N)nc2)c(C(F)(F)F)c1. The molecule has 0 aliphatic heterocycles. The zero-order chi connectivity index (χ0) is 16.3. The lowest BCUT2D eigenvalue weighted by Gasteiger charge is -2.15. The summed E-state index contributed by atoms with van der Waals surface area (Å²) in [4.78, 5) is 4.04. The van der Waals surface area contributed by atoms with E-state index in [0.717, 1.165) is 6.07 Å². The summed E-state index contributed by atoms with van der Waals surface area (Å²) >= 11 is 0. The van der Waals surface area contributed by atoms with Crippen LogP contribution in [0.15, 0.2) is 36.5 Å². The summed E-state index contributed by atoms with van der Waals surface area (Å²) in [5, 5.41) is 0. The number of benzene rings is 1.